The van der Waals surface area contributed by atoms with Crippen molar-refractivity contribution < 1.29 is 4.79 Å². The largest absolute Gasteiger partial charge is 0.301 e. The van der Waals surface area contributed by atoms with Crippen LogP contribution in [0.1, 0.15) is 18.2 Å². The van der Waals surface area contributed by atoms with Crippen molar-refractivity contribution >= 4 is 44.4 Å². The minimum Gasteiger partial charge on any atom is -0.301 e. The highest BCUT2D eigenvalue weighted by molar-refractivity contribution is 8.00. The average Bonchev–Trinajstić information content (AvgIpc) is 2.88. The van der Waals surface area contributed by atoms with Gasteiger partial charge in [0.15, 0.2) is 5.13 Å². The Morgan fingerprint density at radius 2 is 2.09 bits per heavy atom. The minimum absolute atomic E-state index is 0.0814. The van der Waals surface area contributed by atoms with Crippen LogP contribution in [0.25, 0.3) is 10.2 Å². The van der Waals surface area contributed by atoms with Gasteiger partial charge in [-0.15, -0.1) is 0 Å². The number of carbonyl (C=O) groups is 1. The number of thioether (sulfide) groups is 1. The fraction of sp³-hybridized carbons (Fsp3) is 0.250. The van der Waals surface area contributed by atoms with Crippen molar-refractivity contribution in [1.82, 2.24) is 15.0 Å². The van der Waals surface area contributed by atoms with Gasteiger partial charge in [0.2, 0.25) is 5.91 Å². The van der Waals surface area contributed by atoms with E-state index in [4.69, 9.17) is 0 Å². The van der Waals surface area contributed by atoms with Crippen LogP contribution >= 0.6 is 23.1 Å². The maximum absolute atomic E-state index is 12.3. The van der Waals surface area contributed by atoms with E-state index in [0.717, 1.165) is 20.9 Å². The van der Waals surface area contributed by atoms with Gasteiger partial charge in [-0.25, -0.2) is 15.0 Å². The van der Waals surface area contributed by atoms with Gasteiger partial charge in [-0.05, 0) is 44.5 Å². The first-order valence-electron chi connectivity index (χ1n) is 7.14. The van der Waals surface area contributed by atoms with E-state index in [-0.39, 0.29) is 11.2 Å². The Kier molecular flexibility index (Phi) is 4.58. The Hall–Kier alpha value is -1.99. The van der Waals surface area contributed by atoms with Crippen LogP contribution in [-0.2, 0) is 4.79 Å². The molecule has 3 rings (SSSR count). The van der Waals surface area contributed by atoms with Gasteiger partial charge in [-0.1, -0.05) is 29.2 Å². The fourth-order valence-electron chi connectivity index (χ4n) is 2.02. The smallest absolute Gasteiger partial charge is 0.239 e. The van der Waals surface area contributed by atoms with Crippen molar-refractivity contribution in [3.8, 4) is 0 Å². The normalized spacial score (nSPS) is 12.3. The Balaban J connectivity index is 1.69. The van der Waals surface area contributed by atoms with Crippen molar-refractivity contribution in [2.45, 2.75) is 31.0 Å². The van der Waals surface area contributed by atoms with E-state index in [1.54, 1.807) is 0 Å². The van der Waals surface area contributed by atoms with Gasteiger partial charge in [-0.2, -0.15) is 0 Å². The molecule has 1 aromatic carbocycles. The molecule has 0 aliphatic carbocycles. The Morgan fingerprint density at radius 3 is 2.87 bits per heavy atom. The molecule has 0 aliphatic rings. The molecule has 0 fully saturated rings. The molecule has 3 aromatic rings. The summed E-state index contributed by atoms with van der Waals surface area (Å²) in [4.78, 5) is 25.0. The number of aryl methyl sites for hydroxylation is 2. The number of anilines is 1. The van der Waals surface area contributed by atoms with E-state index in [1.165, 1.54) is 35.0 Å². The summed E-state index contributed by atoms with van der Waals surface area (Å²) < 4.78 is 1.08. The van der Waals surface area contributed by atoms with Crippen LogP contribution in [0, 0.1) is 13.8 Å². The lowest BCUT2D eigenvalue weighted by molar-refractivity contribution is -0.115. The zero-order valence-corrected chi connectivity index (χ0v) is 14.7. The number of thiazole rings is 1. The number of fused-ring (bicyclic) bond motifs is 1. The van der Waals surface area contributed by atoms with Gasteiger partial charge >= 0.3 is 0 Å². The third-order valence-electron chi connectivity index (χ3n) is 3.22. The molecule has 0 unspecified atom stereocenters. The summed E-state index contributed by atoms with van der Waals surface area (Å²) in [5, 5.41) is 4.04. The number of amides is 1. The second-order valence-corrected chi connectivity index (χ2v) is 7.63. The summed E-state index contributed by atoms with van der Waals surface area (Å²) in [6.45, 7) is 5.80. The van der Waals surface area contributed by atoms with E-state index in [0.29, 0.717) is 5.13 Å². The van der Waals surface area contributed by atoms with Crippen LogP contribution in [0.5, 0.6) is 0 Å². The van der Waals surface area contributed by atoms with Crippen LogP contribution in [0.15, 0.2) is 35.6 Å². The first-order valence-corrected chi connectivity index (χ1v) is 8.84. The number of hydrogen-bond donors (Lipinski definition) is 1. The lowest BCUT2D eigenvalue weighted by Gasteiger charge is -2.09. The maximum atomic E-state index is 12.3. The molecule has 0 bridgehead atoms. The predicted molar refractivity (Wildman–Crippen MR) is 95.1 cm³/mol. The lowest BCUT2D eigenvalue weighted by atomic mass is 10.2. The monoisotopic (exact) mass is 344 g/mol. The number of nitrogens with zero attached hydrogens (tertiary/aromatic N) is 3. The van der Waals surface area contributed by atoms with Gasteiger partial charge in [0.05, 0.1) is 15.5 Å². The van der Waals surface area contributed by atoms with E-state index < -0.39 is 0 Å². The van der Waals surface area contributed by atoms with Gasteiger partial charge < -0.3 is 5.32 Å². The highest BCUT2D eigenvalue weighted by atomic mass is 32.2. The molecule has 7 heteroatoms. The zero-order chi connectivity index (χ0) is 16.4. The summed E-state index contributed by atoms with van der Waals surface area (Å²) in [5.41, 5.74) is 2.97. The standard InChI is InChI=1S/C16H16N4OS2/c1-9-4-5-12-13(6-9)23-16(19-12)20-15(21)11(3)22-14-7-10(2)17-8-18-14/h4-8,11H,1-3H3,(H,19,20,21)/t11-/m0/s1. The van der Waals surface area contributed by atoms with Crippen LogP contribution in [-0.4, -0.2) is 26.1 Å². The van der Waals surface area contributed by atoms with Crippen molar-refractivity contribution in [1.29, 1.82) is 0 Å². The van der Waals surface area contributed by atoms with E-state index >= 15 is 0 Å². The first kappa shape index (κ1) is 15.9. The van der Waals surface area contributed by atoms with E-state index in [9.17, 15) is 4.79 Å². The lowest BCUT2D eigenvalue weighted by Crippen LogP contribution is -2.22. The number of benzene rings is 1. The molecule has 0 saturated carbocycles. The topological polar surface area (TPSA) is 67.8 Å². The molecule has 118 valence electrons. The van der Waals surface area contributed by atoms with Crippen LogP contribution in [0.3, 0.4) is 0 Å². The number of rotatable bonds is 4. The molecule has 1 amide bonds. The van der Waals surface area contributed by atoms with Gasteiger partial charge in [0.1, 0.15) is 11.4 Å². The molecule has 0 spiro atoms. The number of hydrogen-bond acceptors (Lipinski definition) is 6. The summed E-state index contributed by atoms with van der Waals surface area (Å²) >= 11 is 2.90. The molecule has 0 aliphatic heterocycles. The minimum atomic E-state index is -0.266. The highest BCUT2D eigenvalue weighted by Gasteiger charge is 2.17. The van der Waals surface area contributed by atoms with Gasteiger partial charge in [0, 0.05) is 5.69 Å². The summed E-state index contributed by atoms with van der Waals surface area (Å²) in [7, 11) is 0. The highest BCUT2D eigenvalue weighted by Crippen LogP contribution is 2.28. The molecule has 2 heterocycles. The number of nitrogens with one attached hydrogen (secondary N) is 1. The van der Waals surface area contributed by atoms with Crippen LogP contribution in [0.4, 0.5) is 5.13 Å². The molecule has 1 atom stereocenters. The molecule has 23 heavy (non-hydrogen) atoms. The first-order chi connectivity index (χ1) is 11.0. The van der Waals surface area contributed by atoms with E-state index in [1.807, 2.05) is 39.0 Å². The molecular weight excluding hydrogens is 328 g/mol. The van der Waals surface area contributed by atoms with Crippen molar-refractivity contribution in [2.24, 2.45) is 0 Å². The second kappa shape index (κ2) is 6.64. The Morgan fingerprint density at radius 1 is 1.26 bits per heavy atom. The fourth-order valence-corrected chi connectivity index (χ4v) is 3.86. The quantitative estimate of drug-likeness (QED) is 0.575. The SMILES string of the molecule is Cc1ccc2nc(NC(=O)[C@H](C)Sc3cc(C)ncn3)sc2c1. The van der Waals surface area contributed by atoms with E-state index in [2.05, 4.69) is 26.3 Å². The third kappa shape index (κ3) is 3.86. The van der Waals surface area contributed by atoms with Gasteiger partial charge in [-0.3, -0.25) is 4.79 Å². The van der Waals surface area contributed by atoms with Gasteiger partial charge in [0.25, 0.3) is 0 Å². The summed E-state index contributed by atoms with van der Waals surface area (Å²) in [6, 6.07) is 7.93. The maximum Gasteiger partial charge on any atom is 0.239 e. The molecule has 1 N–H and O–H groups in total. The third-order valence-corrected chi connectivity index (χ3v) is 5.19. The Bertz CT molecular complexity index is 862. The number of aromatic nitrogens is 3. The number of carbonyl (C=O) groups excluding carboxylic acids is 1. The predicted octanol–water partition coefficient (Wildman–Crippen LogP) is 3.82. The van der Waals surface area contributed by atoms with Crippen LogP contribution in [0.2, 0.25) is 0 Å². The van der Waals surface area contributed by atoms with Crippen molar-refractivity contribution in [3.63, 3.8) is 0 Å². The molecule has 0 radical (unpaired) electrons. The summed E-state index contributed by atoms with van der Waals surface area (Å²) in [6.07, 6.45) is 1.51. The Labute approximate surface area is 142 Å². The van der Waals surface area contributed by atoms with Crippen molar-refractivity contribution in [3.05, 3.63) is 41.9 Å². The molecule has 5 nitrogen and oxygen atoms in total. The summed E-state index contributed by atoms with van der Waals surface area (Å²) in [5.74, 6) is -0.0814. The molecule has 2 aromatic heterocycles. The second-order valence-electron chi connectivity index (χ2n) is 5.24. The van der Waals surface area contributed by atoms with Crippen molar-refractivity contribution in [2.75, 3.05) is 5.32 Å². The van der Waals surface area contributed by atoms with Crippen LogP contribution < -0.4 is 5.32 Å². The molecular formula is C16H16N4OS2. The molecule has 0 saturated heterocycles. The average molecular weight is 344 g/mol. The zero-order valence-electron chi connectivity index (χ0n) is 13.0.